The number of ether oxygens (including phenoxy) is 1. The zero-order valence-electron chi connectivity index (χ0n) is 8.25. The summed E-state index contributed by atoms with van der Waals surface area (Å²) in [6.45, 7) is 2.32. The molecular weight excluding hydrogens is 166 g/mol. The topological polar surface area (TPSA) is 62.3 Å². The van der Waals surface area contributed by atoms with Crippen molar-refractivity contribution in [2.24, 2.45) is 5.73 Å². The second kappa shape index (κ2) is 5.19. The second-order valence-corrected chi connectivity index (χ2v) is 3.71. The van der Waals surface area contributed by atoms with E-state index >= 15 is 0 Å². The molecule has 0 radical (unpaired) electrons. The summed E-state index contributed by atoms with van der Waals surface area (Å²) in [5, 5.41) is 7.14. The van der Waals surface area contributed by atoms with Gasteiger partial charge in [-0.3, -0.25) is 10.3 Å². The molecule has 13 heavy (non-hydrogen) atoms. The van der Waals surface area contributed by atoms with Crippen molar-refractivity contribution in [3.05, 3.63) is 0 Å². The molecule has 4 nitrogen and oxygen atoms in total. The third-order valence-corrected chi connectivity index (χ3v) is 2.23. The van der Waals surface area contributed by atoms with Gasteiger partial charge in [0.05, 0.1) is 12.6 Å². The zero-order chi connectivity index (χ0) is 9.68. The summed E-state index contributed by atoms with van der Waals surface area (Å²) in [7, 11) is 1.97. The van der Waals surface area contributed by atoms with Gasteiger partial charge in [0.15, 0.2) is 0 Å². The lowest BCUT2D eigenvalue weighted by atomic mass is 10.1. The van der Waals surface area contributed by atoms with Crippen molar-refractivity contribution in [3.8, 4) is 0 Å². The van der Waals surface area contributed by atoms with Crippen LogP contribution in [-0.4, -0.2) is 43.6 Å². The number of nitrogens with one attached hydrogen (secondary N) is 1. The molecule has 0 aliphatic carbocycles. The third kappa shape index (κ3) is 4.24. The van der Waals surface area contributed by atoms with Crippen LogP contribution < -0.4 is 5.73 Å². The fourth-order valence-corrected chi connectivity index (χ4v) is 1.65. The fraction of sp³-hybridized carbons (Fsp3) is 0.889. The maximum absolute atomic E-state index is 7.14. The average Bonchev–Trinajstić information content (AvgIpc) is 2.04. The van der Waals surface area contributed by atoms with E-state index in [1.165, 1.54) is 12.8 Å². The molecule has 1 saturated heterocycles. The van der Waals surface area contributed by atoms with E-state index in [1.54, 1.807) is 0 Å². The summed E-state index contributed by atoms with van der Waals surface area (Å²) in [5.74, 6) is 0.221. The summed E-state index contributed by atoms with van der Waals surface area (Å²) in [4.78, 5) is 2.04. The lowest BCUT2D eigenvalue weighted by Gasteiger charge is -2.26. The molecule has 1 aliphatic rings. The standard InChI is InChI=1S/C9H19N3O/c1-12(7-9(10)11)6-8-4-2-3-5-13-8/h8H,2-7H2,1H3,(H3,10,11). The fourth-order valence-electron chi connectivity index (χ4n) is 1.65. The summed E-state index contributed by atoms with van der Waals surface area (Å²) in [5.41, 5.74) is 5.30. The normalized spacial score (nSPS) is 23.4. The van der Waals surface area contributed by atoms with Crippen LogP contribution in [0.25, 0.3) is 0 Å². The van der Waals surface area contributed by atoms with E-state index in [1.807, 2.05) is 11.9 Å². The van der Waals surface area contributed by atoms with Gasteiger partial charge in [-0.05, 0) is 26.3 Å². The zero-order valence-corrected chi connectivity index (χ0v) is 8.25. The van der Waals surface area contributed by atoms with Crippen molar-refractivity contribution in [2.45, 2.75) is 25.4 Å². The largest absolute Gasteiger partial charge is 0.387 e. The highest BCUT2D eigenvalue weighted by atomic mass is 16.5. The average molecular weight is 185 g/mol. The van der Waals surface area contributed by atoms with Crippen molar-refractivity contribution in [1.29, 1.82) is 5.41 Å². The van der Waals surface area contributed by atoms with E-state index in [0.717, 1.165) is 19.6 Å². The second-order valence-electron chi connectivity index (χ2n) is 3.71. The lowest BCUT2D eigenvalue weighted by molar-refractivity contribution is 0.000694. The third-order valence-electron chi connectivity index (χ3n) is 2.23. The van der Waals surface area contributed by atoms with Gasteiger partial charge in [0.25, 0.3) is 0 Å². The molecule has 0 saturated carbocycles. The smallest absolute Gasteiger partial charge is 0.105 e. The Bertz CT molecular complexity index is 166. The van der Waals surface area contributed by atoms with Crippen LogP contribution in [0.1, 0.15) is 19.3 Å². The van der Waals surface area contributed by atoms with Crippen LogP contribution in [0.3, 0.4) is 0 Å². The molecule has 76 valence electrons. The first-order valence-corrected chi connectivity index (χ1v) is 4.81. The maximum atomic E-state index is 7.14. The van der Waals surface area contributed by atoms with Gasteiger partial charge in [-0.1, -0.05) is 0 Å². The molecule has 1 heterocycles. The highest BCUT2D eigenvalue weighted by Crippen LogP contribution is 2.12. The van der Waals surface area contributed by atoms with Gasteiger partial charge in [0.2, 0.25) is 0 Å². The minimum absolute atomic E-state index is 0.221. The van der Waals surface area contributed by atoms with Crippen LogP contribution in [0.15, 0.2) is 0 Å². The molecule has 1 aliphatic heterocycles. The number of hydrogen-bond acceptors (Lipinski definition) is 3. The van der Waals surface area contributed by atoms with E-state index in [9.17, 15) is 0 Å². The minimum atomic E-state index is 0.221. The first-order chi connectivity index (χ1) is 6.18. The van der Waals surface area contributed by atoms with Crippen molar-refractivity contribution in [3.63, 3.8) is 0 Å². The van der Waals surface area contributed by atoms with Crippen molar-refractivity contribution in [2.75, 3.05) is 26.7 Å². The molecule has 0 aromatic rings. The SMILES string of the molecule is CN(CC(=N)N)CC1CCCCO1. The van der Waals surface area contributed by atoms with Gasteiger partial charge in [0.1, 0.15) is 5.84 Å². The Labute approximate surface area is 79.6 Å². The van der Waals surface area contributed by atoms with Gasteiger partial charge >= 0.3 is 0 Å². The van der Waals surface area contributed by atoms with Crippen LogP contribution in [0.4, 0.5) is 0 Å². The minimum Gasteiger partial charge on any atom is -0.387 e. The maximum Gasteiger partial charge on any atom is 0.105 e. The molecular formula is C9H19N3O. The van der Waals surface area contributed by atoms with Crippen LogP contribution in [-0.2, 0) is 4.74 Å². The van der Waals surface area contributed by atoms with Gasteiger partial charge < -0.3 is 10.5 Å². The molecule has 1 atom stereocenters. The summed E-state index contributed by atoms with van der Waals surface area (Å²) >= 11 is 0. The van der Waals surface area contributed by atoms with E-state index in [2.05, 4.69) is 0 Å². The summed E-state index contributed by atoms with van der Waals surface area (Å²) < 4.78 is 5.58. The molecule has 3 N–H and O–H groups in total. The van der Waals surface area contributed by atoms with Gasteiger partial charge in [0, 0.05) is 13.2 Å². The molecule has 1 rings (SSSR count). The number of amidine groups is 1. The molecule has 0 amide bonds. The molecule has 0 spiro atoms. The van der Waals surface area contributed by atoms with Crippen LogP contribution in [0, 0.1) is 5.41 Å². The number of nitrogens with zero attached hydrogens (tertiary/aromatic N) is 1. The van der Waals surface area contributed by atoms with Gasteiger partial charge in [-0.2, -0.15) is 0 Å². The summed E-state index contributed by atoms with van der Waals surface area (Å²) in [6, 6.07) is 0. The molecule has 1 unspecified atom stereocenters. The number of likely N-dealkylation sites (N-methyl/N-ethyl adjacent to an activating group) is 1. The Kier molecular flexibility index (Phi) is 4.18. The molecule has 1 fully saturated rings. The van der Waals surface area contributed by atoms with Crippen molar-refractivity contribution < 1.29 is 4.74 Å². The van der Waals surface area contributed by atoms with E-state index in [0.29, 0.717) is 12.6 Å². The van der Waals surface area contributed by atoms with Crippen molar-refractivity contribution in [1.82, 2.24) is 4.90 Å². The number of hydrogen-bond donors (Lipinski definition) is 2. The predicted octanol–water partition coefficient (Wildman–Crippen LogP) is 0.423. The van der Waals surface area contributed by atoms with Gasteiger partial charge in [-0.15, -0.1) is 0 Å². The monoisotopic (exact) mass is 185 g/mol. The summed E-state index contributed by atoms with van der Waals surface area (Å²) in [6.07, 6.45) is 3.94. The molecule has 0 bridgehead atoms. The Balaban J connectivity index is 2.18. The lowest BCUT2D eigenvalue weighted by Crippen LogP contribution is -2.37. The van der Waals surface area contributed by atoms with E-state index < -0.39 is 0 Å². The Morgan fingerprint density at radius 3 is 2.92 bits per heavy atom. The highest BCUT2D eigenvalue weighted by Gasteiger charge is 2.15. The molecule has 0 aromatic carbocycles. The van der Waals surface area contributed by atoms with Crippen LogP contribution in [0.2, 0.25) is 0 Å². The van der Waals surface area contributed by atoms with E-state index in [-0.39, 0.29) is 5.84 Å². The highest BCUT2D eigenvalue weighted by molar-refractivity contribution is 5.78. The van der Waals surface area contributed by atoms with Crippen molar-refractivity contribution >= 4 is 5.84 Å². The Morgan fingerprint density at radius 1 is 1.62 bits per heavy atom. The van der Waals surface area contributed by atoms with E-state index in [4.69, 9.17) is 15.9 Å². The first kappa shape index (κ1) is 10.5. The quantitative estimate of drug-likeness (QED) is 0.493. The van der Waals surface area contributed by atoms with Gasteiger partial charge in [-0.25, -0.2) is 0 Å². The number of rotatable bonds is 4. The number of nitrogens with two attached hydrogens (primary N) is 1. The Morgan fingerprint density at radius 2 is 2.38 bits per heavy atom. The predicted molar refractivity (Wildman–Crippen MR) is 53.0 cm³/mol. The first-order valence-electron chi connectivity index (χ1n) is 4.81. The molecule has 4 heteroatoms. The molecule has 0 aromatic heterocycles. The van der Waals surface area contributed by atoms with Crippen LogP contribution >= 0.6 is 0 Å². The Hall–Kier alpha value is -0.610. The van der Waals surface area contributed by atoms with Crippen LogP contribution in [0.5, 0.6) is 0 Å².